The first-order valence-corrected chi connectivity index (χ1v) is 8.38. The summed E-state index contributed by atoms with van der Waals surface area (Å²) in [5, 5.41) is 7.57. The largest absolute Gasteiger partial charge is 0.153 e. The van der Waals surface area contributed by atoms with Crippen LogP contribution in [0.15, 0.2) is 0 Å². The Balaban J connectivity index is -0.000000140. The minimum atomic E-state index is -0.248. The van der Waals surface area contributed by atoms with Crippen LogP contribution in [0.2, 0.25) is 13.9 Å². The molecule has 1 nitrogen and oxygen atoms in total. The maximum absolute atomic E-state index is 7.57. The van der Waals surface area contributed by atoms with Crippen LogP contribution in [0.1, 0.15) is 27.7 Å². The molecule has 0 rings (SSSR count). The van der Waals surface area contributed by atoms with E-state index in [1.165, 1.54) is 13.9 Å². The predicted molar refractivity (Wildman–Crippen MR) is 55.3 cm³/mol. The fourth-order valence-electron chi connectivity index (χ4n) is 0.452. The molecule has 0 aromatic rings. The molecular weight excluding hydrogens is 340 g/mol. The molecule has 0 aliphatic heterocycles. The molecule has 3 heteroatoms. The van der Waals surface area contributed by atoms with Crippen molar-refractivity contribution in [3.05, 3.63) is 0 Å². The summed E-state index contributed by atoms with van der Waals surface area (Å²) in [5.74, 6) is 0. The third-order valence-corrected chi connectivity index (χ3v) is 7.40. The molecule has 0 bridgehead atoms. The van der Waals surface area contributed by atoms with E-state index in [-0.39, 0.29) is 34.9 Å². The van der Waals surface area contributed by atoms with Crippen molar-refractivity contribution >= 4 is 9.90 Å². The first kappa shape index (κ1) is 18.0. The summed E-state index contributed by atoms with van der Waals surface area (Å²) in [7, 11) is 0. The van der Waals surface area contributed by atoms with E-state index in [0.717, 1.165) is 0 Å². The van der Waals surface area contributed by atoms with E-state index in [2.05, 4.69) is 20.8 Å². The number of hydrogen-bond acceptors (Lipinski definition) is 1. The smallest absolute Gasteiger partial charge is 0.153 e. The summed E-state index contributed by atoms with van der Waals surface area (Å²) in [6.45, 7) is 8.91. The standard InChI is InChI=1S/C2H6O.3C2H5.Au.H3P/c1-2-3;3*1-2;;/h3H,2H2,1H3;3*1H2,2H3;;1H3. The van der Waals surface area contributed by atoms with Crippen LogP contribution in [-0.2, 0) is 18.4 Å². The molecule has 0 aromatic carbocycles. The maximum Gasteiger partial charge on any atom is -0.153 e. The van der Waals surface area contributed by atoms with Gasteiger partial charge >= 0.3 is 53.1 Å². The Morgan fingerprint density at radius 1 is 0.909 bits per heavy atom. The van der Waals surface area contributed by atoms with E-state index in [1.54, 1.807) is 6.92 Å². The van der Waals surface area contributed by atoms with Crippen LogP contribution in [0, 0.1) is 0 Å². The number of aliphatic hydroxyl groups is 1. The zero-order chi connectivity index (χ0) is 8.41. The molecule has 0 amide bonds. The van der Waals surface area contributed by atoms with Gasteiger partial charge in [0, 0.05) is 6.61 Å². The van der Waals surface area contributed by atoms with Gasteiger partial charge in [-0.05, 0) is 6.92 Å². The summed E-state index contributed by atoms with van der Waals surface area (Å²) in [6, 6.07) is 0. The van der Waals surface area contributed by atoms with Crippen molar-refractivity contribution in [2.75, 3.05) is 6.61 Å². The summed E-state index contributed by atoms with van der Waals surface area (Å²) in [5.41, 5.74) is 0. The third-order valence-electron chi connectivity index (χ3n) is 0.905. The Labute approximate surface area is 81.7 Å². The molecule has 1 N–H and O–H groups in total. The minimum absolute atomic E-state index is 0. The summed E-state index contributed by atoms with van der Waals surface area (Å²) >= 11 is -0.248. The summed E-state index contributed by atoms with van der Waals surface area (Å²) in [4.78, 5) is 0. The molecule has 0 heterocycles. The van der Waals surface area contributed by atoms with Gasteiger partial charge in [0.15, 0.2) is 0 Å². The quantitative estimate of drug-likeness (QED) is 0.603. The Morgan fingerprint density at radius 3 is 1.09 bits per heavy atom. The molecule has 11 heavy (non-hydrogen) atoms. The van der Waals surface area contributed by atoms with Gasteiger partial charge in [0.2, 0.25) is 0 Å². The van der Waals surface area contributed by atoms with E-state index in [0.29, 0.717) is 0 Å². The van der Waals surface area contributed by atoms with Crippen LogP contribution in [-0.4, -0.2) is 11.7 Å². The van der Waals surface area contributed by atoms with Crippen LogP contribution in [0.5, 0.6) is 0 Å². The van der Waals surface area contributed by atoms with Crippen LogP contribution < -0.4 is 0 Å². The number of hydrogen-bond donors (Lipinski definition) is 1. The van der Waals surface area contributed by atoms with Gasteiger partial charge in [0.1, 0.15) is 0 Å². The van der Waals surface area contributed by atoms with Crippen LogP contribution in [0.3, 0.4) is 0 Å². The SMILES string of the molecule is CCO.C[CH2][Au]([CH2]C)[CH2]C.P. The third kappa shape index (κ3) is 18.2. The Morgan fingerprint density at radius 2 is 1.09 bits per heavy atom. The zero-order valence-corrected chi connectivity index (χ0v) is 11.9. The average molecular weight is 364 g/mol. The Hall–Kier alpha value is 1.13. The second kappa shape index (κ2) is 17.3. The van der Waals surface area contributed by atoms with Crippen molar-refractivity contribution in [2.45, 2.75) is 41.6 Å². The summed E-state index contributed by atoms with van der Waals surface area (Å²) in [6.07, 6.45) is 0. The van der Waals surface area contributed by atoms with Crippen molar-refractivity contribution in [3.8, 4) is 0 Å². The second-order valence-corrected chi connectivity index (χ2v) is 9.25. The van der Waals surface area contributed by atoms with Crippen molar-refractivity contribution in [2.24, 2.45) is 0 Å². The van der Waals surface area contributed by atoms with Crippen molar-refractivity contribution < 1.29 is 23.5 Å². The Kier molecular flexibility index (Phi) is 28.3. The van der Waals surface area contributed by atoms with Gasteiger partial charge < -0.3 is 5.11 Å². The number of rotatable bonds is 3. The molecule has 0 aliphatic rings. The number of aliphatic hydroxyl groups excluding tert-OH is 1. The van der Waals surface area contributed by atoms with Crippen molar-refractivity contribution in [1.82, 2.24) is 0 Å². The average Bonchev–Trinajstić information content (AvgIpc) is 1.93. The Bertz CT molecular complexity index is 43.8. The van der Waals surface area contributed by atoms with Crippen molar-refractivity contribution in [3.63, 3.8) is 0 Å². The van der Waals surface area contributed by atoms with Gasteiger partial charge in [-0.25, -0.2) is 0 Å². The van der Waals surface area contributed by atoms with Crippen molar-refractivity contribution in [1.29, 1.82) is 0 Å². The minimum Gasteiger partial charge on any atom is -0.153 e. The molecule has 0 aliphatic carbocycles. The van der Waals surface area contributed by atoms with E-state index < -0.39 is 0 Å². The van der Waals surface area contributed by atoms with Gasteiger partial charge in [-0.3, -0.25) is 0 Å². The molecule has 0 radical (unpaired) electrons. The molecule has 78 valence electrons. The molecule has 0 saturated heterocycles. The maximum atomic E-state index is 7.57. The van der Waals surface area contributed by atoms with E-state index in [9.17, 15) is 0 Å². The summed E-state index contributed by atoms with van der Waals surface area (Å²) < 4.78 is 4.51. The first-order valence-electron chi connectivity index (χ1n) is 3.78. The molecule has 1 unspecified atom stereocenters. The van der Waals surface area contributed by atoms with Crippen LogP contribution >= 0.6 is 9.90 Å². The topological polar surface area (TPSA) is 20.2 Å². The van der Waals surface area contributed by atoms with E-state index >= 15 is 0 Å². The van der Waals surface area contributed by atoms with Gasteiger partial charge in [-0.15, -0.1) is 0 Å². The molecule has 1 atom stereocenters. The van der Waals surface area contributed by atoms with Gasteiger partial charge in [-0.2, -0.15) is 9.90 Å². The first-order chi connectivity index (χ1) is 4.76. The second-order valence-electron chi connectivity index (χ2n) is 1.41. The van der Waals surface area contributed by atoms with Gasteiger partial charge in [0.05, 0.1) is 0 Å². The van der Waals surface area contributed by atoms with Gasteiger partial charge in [-0.1, -0.05) is 0 Å². The fourth-order valence-corrected chi connectivity index (χ4v) is 3.70. The van der Waals surface area contributed by atoms with E-state index in [4.69, 9.17) is 5.11 Å². The van der Waals surface area contributed by atoms with Crippen LogP contribution in [0.25, 0.3) is 0 Å². The van der Waals surface area contributed by atoms with Crippen LogP contribution in [0.4, 0.5) is 0 Å². The molecule has 0 spiro atoms. The van der Waals surface area contributed by atoms with E-state index in [1.807, 2.05) is 0 Å². The monoisotopic (exact) mass is 364 g/mol. The predicted octanol–water partition coefficient (Wildman–Crippen LogP) is 2.98. The molecular formula is C8H24AuOP. The normalized spacial score (nSPS) is 9.00. The molecule has 0 fully saturated rings. The molecule has 0 saturated carbocycles. The zero-order valence-electron chi connectivity index (χ0n) is 8.28. The fraction of sp³-hybridized carbons (Fsp3) is 1.00. The van der Waals surface area contributed by atoms with Gasteiger partial charge in [0.25, 0.3) is 0 Å². The molecule has 0 aromatic heterocycles.